The van der Waals surface area contributed by atoms with Crippen LogP contribution in [-0.4, -0.2) is 9.55 Å². The van der Waals surface area contributed by atoms with Gasteiger partial charge in [0.25, 0.3) is 0 Å². The Morgan fingerprint density at radius 3 is 2.67 bits per heavy atom. The Morgan fingerprint density at radius 1 is 1.06 bits per heavy atom. The van der Waals surface area contributed by atoms with E-state index in [2.05, 4.69) is 11.1 Å². The topological polar surface area (TPSA) is 17.8 Å². The fourth-order valence-electron chi connectivity index (χ4n) is 1.28. The molecule has 0 spiro atoms. The largest absolute Gasteiger partial charge is 0.340 e. The molecule has 0 aliphatic heterocycles. The minimum Gasteiger partial charge on any atom is -0.340 e. The summed E-state index contributed by atoms with van der Waals surface area (Å²) in [5, 5.41) is 0. The molecule has 18 heavy (non-hydrogen) atoms. The van der Waals surface area contributed by atoms with Crippen LogP contribution in [0.4, 0.5) is 0 Å². The van der Waals surface area contributed by atoms with Gasteiger partial charge in [0, 0.05) is 40.9 Å². The van der Waals surface area contributed by atoms with Crippen molar-refractivity contribution in [2.24, 2.45) is 0 Å². The van der Waals surface area contributed by atoms with Gasteiger partial charge in [-0.1, -0.05) is 18.1 Å². The molecule has 0 aliphatic rings. The van der Waals surface area contributed by atoms with Gasteiger partial charge in [-0.25, -0.2) is 0 Å². The standard InChI is InChI=1S/C15H11N2.Ir/c1-3-7-13(8-4-1)15-16-11-12-17(15)14-9-5-2-6-10-14;/h1-7,9-12H;/q-1;/i1D,2D,3D,4D,5D,6D,7D,9D,10D,11D,12D;. The minimum absolute atomic E-state index is 0. The van der Waals surface area contributed by atoms with Crippen LogP contribution in [-0.2, 0) is 20.1 Å². The van der Waals surface area contributed by atoms with Crippen molar-refractivity contribution >= 4 is 0 Å². The summed E-state index contributed by atoms with van der Waals surface area (Å²) in [7, 11) is 0. The molecule has 0 saturated heterocycles. The molecule has 2 nitrogen and oxygen atoms in total. The third-order valence-corrected chi connectivity index (χ3v) is 1.97. The van der Waals surface area contributed by atoms with E-state index in [9.17, 15) is 0 Å². The molecule has 0 fully saturated rings. The smallest absolute Gasteiger partial charge is 0.0846 e. The summed E-state index contributed by atoms with van der Waals surface area (Å²) in [5.74, 6) is -0.347. The fourth-order valence-corrected chi connectivity index (χ4v) is 1.28. The molecule has 0 atom stereocenters. The number of nitrogens with zero attached hydrogens (tertiary/aromatic N) is 2. The number of benzene rings is 2. The molecule has 0 unspecified atom stereocenters. The van der Waals surface area contributed by atoms with Gasteiger partial charge in [-0.3, -0.25) is 4.98 Å². The molecule has 91 valence electrons. The molecule has 1 radical (unpaired) electrons. The van der Waals surface area contributed by atoms with Crippen molar-refractivity contribution in [3.63, 3.8) is 0 Å². The molecule has 1 heterocycles. The van der Waals surface area contributed by atoms with E-state index in [1.807, 2.05) is 0 Å². The normalized spacial score (nSPS) is 18.3. The molecule has 1 aromatic heterocycles. The maximum absolute atomic E-state index is 8.08. The van der Waals surface area contributed by atoms with Crippen LogP contribution >= 0.6 is 0 Å². The molecule has 2 aromatic carbocycles. The van der Waals surface area contributed by atoms with Crippen LogP contribution in [0.3, 0.4) is 0 Å². The predicted octanol–water partition coefficient (Wildman–Crippen LogP) is 3.34. The molecule has 0 aliphatic carbocycles. The van der Waals surface area contributed by atoms with Gasteiger partial charge in [0.2, 0.25) is 0 Å². The zero-order chi connectivity index (χ0) is 21.1. The molecule has 0 amide bonds. The molecular formula is C15H11IrN2-. The second-order valence-electron chi connectivity index (χ2n) is 2.97. The third kappa shape index (κ3) is 2.42. The summed E-state index contributed by atoms with van der Waals surface area (Å²) in [6.07, 6.45) is -1.20. The van der Waals surface area contributed by atoms with Crippen LogP contribution in [0.5, 0.6) is 0 Å². The fraction of sp³-hybridized carbons (Fsp3) is 0. The number of para-hydroxylation sites is 1. The molecule has 3 aromatic rings. The van der Waals surface area contributed by atoms with E-state index < -0.39 is 72.4 Å². The zero-order valence-electron chi connectivity index (χ0n) is 19.7. The van der Waals surface area contributed by atoms with Crippen molar-refractivity contribution in [1.82, 2.24) is 9.55 Å². The van der Waals surface area contributed by atoms with Crippen LogP contribution in [0.1, 0.15) is 15.1 Å². The Morgan fingerprint density at radius 2 is 1.83 bits per heavy atom. The van der Waals surface area contributed by atoms with Crippen molar-refractivity contribution in [2.75, 3.05) is 0 Å². The van der Waals surface area contributed by atoms with Gasteiger partial charge < -0.3 is 4.57 Å². The van der Waals surface area contributed by atoms with Crippen molar-refractivity contribution in [3.05, 3.63) is 72.8 Å². The van der Waals surface area contributed by atoms with E-state index in [4.69, 9.17) is 15.1 Å². The molecule has 0 bridgehead atoms. The summed E-state index contributed by atoms with van der Waals surface area (Å²) < 4.78 is 87.3. The maximum Gasteiger partial charge on any atom is 0.0846 e. The first-order chi connectivity index (χ1) is 13.0. The van der Waals surface area contributed by atoms with E-state index in [1.165, 1.54) is 0 Å². The first kappa shape index (κ1) is 4.76. The Labute approximate surface area is 135 Å². The van der Waals surface area contributed by atoms with Crippen molar-refractivity contribution in [1.29, 1.82) is 0 Å². The SMILES string of the molecule is [2H]c1[c-]c(-c2nc([2H])c([2H])n2-c2c([2H])c([2H])c([2H])c([2H])c2[2H])c([2H])c([2H])c1[2H].[Ir]. The number of rotatable bonds is 2. The molecule has 0 saturated carbocycles. The van der Waals surface area contributed by atoms with Gasteiger partial charge in [-0.05, 0) is 14.8 Å². The monoisotopic (exact) mass is 423 g/mol. The number of aromatic nitrogens is 2. The van der Waals surface area contributed by atoms with E-state index in [0.29, 0.717) is 0 Å². The third-order valence-electron chi connectivity index (χ3n) is 1.97. The zero-order valence-corrected chi connectivity index (χ0v) is 11.1. The molecule has 0 N–H and O–H groups in total. The molecule has 3 rings (SSSR count). The van der Waals surface area contributed by atoms with Crippen LogP contribution in [0, 0.1) is 6.07 Å². The van der Waals surface area contributed by atoms with Gasteiger partial charge in [0.1, 0.15) is 0 Å². The van der Waals surface area contributed by atoms with Crippen molar-refractivity contribution in [2.45, 2.75) is 0 Å². The van der Waals surface area contributed by atoms with Crippen LogP contribution in [0.2, 0.25) is 0 Å². The van der Waals surface area contributed by atoms with Crippen molar-refractivity contribution in [3.8, 4) is 17.1 Å². The minimum atomic E-state index is -0.652. The summed E-state index contributed by atoms with van der Waals surface area (Å²) in [6.45, 7) is 0. The maximum atomic E-state index is 8.08. The van der Waals surface area contributed by atoms with Crippen LogP contribution in [0.15, 0.2) is 66.7 Å². The van der Waals surface area contributed by atoms with Gasteiger partial charge in [0.05, 0.1) is 15.4 Å². The summed E-state index contributed by atoms with van der Waals surface area (Å²) in [6, 6.07) is -2.99. The first-order valence-corrected chi connectivity index (χ1v) is 4.62. The average Bonchev–Trinajstić information content (AvgIpc) is 2.95. The summed E-state index contributed by atoms with van der Waals surface area (Å²) in [5.41, 5.74) is -0.734. The average molecular weight is 423 g/mol. The Hall–Kier alpha value is -1.70. The Kier molecular flexibility index (Phi) is 1.53. The second-order valence-corrected chi connectivity index (χ2v) is 2.97. The number of hydrogen-bond acceptors (Lipinski definition) is 1. The van der Waals surface area contributed by atoms with Gasteiger partial charge in [0.15, 0.2) is 0 Å². The van der Waals surface area contributed by atoms with Gasteiger partial charge in [-0.15, -0.1) is 35.8 Å². The predicted molar refractivity (Wildman–Crippen MR) is 67.8 cm³/mol. The molecular weight excluding hydrogens is 400 g/mol. The van der Waals surface area contributed by atoms with Crippen molar-refractivity contribution < 1.29 is 35.2 Å². The van der Waals surface area contributed by atoms with E-state index in [-0.39, 0.29) is 31.5 Å². The van der Waals surface area contributed by atoms with E-state index in [0.717, 1.165) is 4.57 Å². The van der Waals surface area contributed by atoms with Crippen LogP contribution < -0.4 is 0 Å². The van der Waals surface area contributed by atoms with Crippen LogP contribution in [0.25, 0.3) is 17.1 Å². The molecule has 3 heteroatoms. The number of imidazole rings is 1. The first-order valence-electron chi connectivity index (χ1n) is 10.1. The van der Waals surface area contributed by atoms with E-state index >= 15 is 0 Å². The summed E-state index contributed by atoms with van der Waals surface area (Å²) >= 11 is 0. The van der Waals surface area contributed by atoms with E-state index in [1.54, 1.807) is 0 Å². The van der Waals surface area contributed by atoms with Gasteiger partial charge >= 0.3 is 0 Å². The Balaban J connectivity index is 0.00000300. The summed E-state index contributed by atoms with van der Waals surface area (Å²) in [4.78, 5) is 3.82. The quantitative estimate of drug-likeness (QED) is 0.580. The van der Waals surface area contributed by atoms with Gasteiger partial charge in [-0.2, -0.15) is 0 Å². The second kappa shape index (κ2) is 5.76. The number of hydrogen-bond donors (Lipinski definition) is 0. The Bertz CT molecular complexity index is 1110.